The second kappa shape index (κ2) is 6.43. The van der Waals surface area contributed by atoms with Crippen molar-refractivity contribution in [2.24, 2.45) is 0 Å². The van der Waals surface area contributed by atoms with E-state index in [9.17, 15) is 4.79 Å². The molecule has 0 fully saturated rings. The van der Waals surface area contributed by atoms with Crippen molar-refractivity contribution in [3.05, 3.63) is 46.8 Å². The quantitative estimate of drug-likeness (QED) is 0.936. The zero-order valence-corrected chi connectivity index (χ0v) is 12.9. The first kappa shape index (κ1) is 15.1. The fourth-order valence-electron chi connectivity index (χ4n) is 2.09. The second-order valence-corrected chi connectivity index (χ2v) is 5.16. The van der Waals surface area contributed by atoms with E-state index in [-0.39, 0.29) is 6.03 Å². The molecule has 5 nitrogen and oxygen atoms in total. The summed E-state index contributed by atoms with van der Waals surface area (Å²) in [4.78, 5) is 13.8. The Hall–Kier alpha value is -2.30. The number of nitrogens with zero attached hydrogens (tertiary/aromatic N) is 2. The summed E-state index contributed by atoms with van der Waals surface area (Å²) < 4.78 is 5.04. The molecule has 0 bridgehead atoms. The summed E-state index contributed by atoms with van der Waals surface area (Å²) >= 11 is 0. The number of anilines is 1. The van der Waals surface area contributed by atoms with Crippen LogP contribution in [0.1, 0.15) is 29.5 Å². The third kappa shape index (κ3) is 3.62. The van der Waals surface area contributed by atoms with Crippen LogP contribution in [-0.2, 0) is 13.0 Å². The number of urea groups is 1. The first-order chi connectivity index (χ1) is 10.0. The minimum Gasteiger partial charge on any atom is -0.359 e. The van der Waals surface area contributed by atoms with Crippen LogP contribution in [0.4, 0.5) is 10.5 Å². The number of amides is 2. The van der Waals surface area contributed by atoms with Gasteiger partial charge < -0.3 is 14.7 Å². The zero-order chi connectivity index (χ0) is 15.4. The third-order valence-electron chi connectivity index (χ3n) is 3.46. The Balaban J connectivity index is 1.99. The number of hydrogen-bond acceptors (Lipinski definition) is 3. The molecule has 1 aromatic heterocycles. The molecule has 0 unspecified atom stereocenters. The minimum absolute atomic E-state index is 0.177. The van der Waals surface area contributed by atoms with Crippen molar-refractivity contribution >= 4 is 11.7 Å². The Morgan fingerprint density at radius 2 is 1.86 bits per heavy atom. The molecule has 0 aliphatic carbocycles. The van der Waals surface area contributed by atoms with Gasteiger partial charge in [-0.15, -0.1) is 0 Å². The molecule has 2 rings (SSSR count). The van der Waals surface area contributed by atoms with Gasteiger partial charge in [-0.2, -0.15) is 0 Å². The molecule has 112 valence electrons. The summed E-state index contributed by atoms with van der Waals surface area (Å²) in [6.45, 7) is 6.26. The molecule has 1 heterocycles. The number of rotatable bonds is 4. The zero-order valence-electron chi connectivity index (χ0n) is 12.9. The first-order valence-electron chi connectivity index (χ1n) is 7.04. The first-order valence-corrected chi connectivity index (χ1v) is 7.04. The van der Waals surface area contributed by atoms with E-state index in [1.54, 1.807) is 25.8 Å². The average Bonchev–Trinajstić information content (AvgIpc) is 2.79. The molecular weight excluding hydrogens is 266 g/mol. The lowest BCUT2D eigenvalue weighted by Gasteiger charge is -2.18. The maximum absolute atomic E-state index is 12.2. The van der Waals surface area contributed by atoms with Crippen LogP contribution < -0.4 is 5.32 Å². The van der Waals surface area contributed by atoms with Gasteiger partial charge in [0, 0.05) is 13.6 Å². The molecule has 0 saturated heterocycles. The Morgan fingerprint density at radius 3 is 2.38 bits per heavy atom. The van der Waals surface area contributed by atoms with Crippen LogP contribution in [0.15, 0.2) is 28.8 Å². The van der Waals surface area contributed by atoms with E-state index in [4.69, 9.17) is 4.52 Å². The van der Waals surface area contributed by atoms with E-state index >= 15 is 0 Å². The van der Waals surface area contributed by atoms with Gasteiger partial charge in [0.05, 0.1) is 0 Å². The van der Waals surface area contributed by atoms with E-state index in [0.717, 1.165) is 12.0 Å². The summed E-state index contributed by atoms with van der Waals surface area (Å²) in [5.41, 5.74) is 3.72. The molecule has 0 saturated carbocycles. The molecule has 0 aliphatic heterocycles. The minimum atomic E-state index is -0.177. The lowest BCUT2D eigenvalue weighted by Crippen LogP contribution is -2.31. The van der Waals surface area contributed by atoms with Crippen LogP contribution in [0.5, 0.6) is 0 Å². The number of nitrogens with one attached hydrogen (secondary N) is 1. The Labute approximate surface area is 124 Å². The topological polar surface area (TPSA) is 58.4 Å². The van der Waals surface area contributed by atoms with Gasteiger partial charge in [0.25, 0.3) is 0 Å². The standard InChI is InChI=1S/C16H21N3O2/c1-5-13-6-8-14(9-7-13)10-19(4)16(20)17-15-11(2)18-21-12(15)3/h6-9H,5,10H2,1-4H3,(H,17,20). The number of carbonyl (C=O) groups excluding carboxylic acids is 1. The highest BCUT2D eigenvalue weighted by Crippen LogP contribution is 2.19. The molecule has 21 heavy (non-hydrogen) atoms. The van der Waals surface area contributed by atoms with Gasteiger partial charge in [-0.05, 0) is 31.4 Å². The van der Waals surface area contributed by atoms with Crippen molar-refractivity contribution in [3.63, 3.8) is 0 Å². The summed E-state index contributed by atoms with van der Waals surface area (Å²) in [6, 6.07) is 8.12. The molecule has 5 heteroatoms. The average molecular weight is 287 g/mol. The van der Waals surface area contributed by atoms with E-state index in [1.807, 2.05) is 0 Å². The van der Waals surface area contributed by atoms with Crippen molar-refractivity contribution in [1.29, 1.82) is 0 Å². The Kier molecular flexibility index (Phi) is 4.62. The molecule has 0 radical (unpaired) electrons. The lowest BCUT2D eigenvalue weighted by atomic mass is 10.1. The van der Waals surface area contributed by atoms with Crippen molar-refractivity contribution in [3.8, 4) is 0 Å². The highest BCUT2D eigenvalue weighted by atomic mass is 16.5. The van der Waals surface area contributed by atoms with Crippen molar-refractivity contribution in [2.45, 2.75) is 33.7 Å². The highest BCUT2D eigenvalue weighted by Gasteiger charge is 2.15. The Bertz CT molecular complexity index is 597. The van der Waals surface area contributed by atoms with Gasteiger partial charge in [0.15, 0.2) is 5.76 Å². The second-order valence-electron chi connectivity index (χ2n) is 5.16. The fraction of sp³-hybridized carbons (Fsp3) is 0.375. The number of carbonyl (C=O) groups is 1. The van der Waals surface area contributed by atoms with E-state index < -0.39 is 0 Å². The number of aromatic nitrogens is 1. The largest absolute Gasteiger partial charge is 0.359 e. The van der Waals surface area contributed by atoms with Crippen molar-refractivity contribution in [2.75, 3.05) is 12.4 Å². The Morgan fingerprint density at radius 1 is 1.24 bits per heavy atom. The van der Waals surface area contributed by atoms with Gasteiger partial charge in [0.2, 0.25) is 0 Å². The van der Waals surface area contributed by atoms with E-state index in [1.165, 1.54) is 5.56 Å². The van der Waals surface area contributed by atoms with Crippen molar-refractivity contribution < 1.29 is 9.32 Å². The van der Waals surface area contributed by atoms with Gasteiger partial charge in [-0.3, -0.25) is 0 Å². The molecule has 0 aliphatic rings. The maximum atomic E-state index is 12.2. The van der Waals surface area contributed by atoms with E-state index in [2.05, 4.69) is 41.7 Å². The molecule has 2 amide bonds. The third-order valence-corrected chi connectivity index (χ3v) is 3.46. The van der Waals surface area contributed by atoms with Crippen LogP contribution in [0.3, 0.4) is 0 Å². The van der Waals surface area contributed by atoms with Crippen LogP contribution >= 0.6 is 0 Å². The summed E-state index contributed by atoms with van der Waals surface area (Å²) in [5.74, 6) is 0.613. The molecular formula is C16H21N3O2. The van der Waals surface area contributed by atoms with Crippen LogP contribution in [0, 0.1) is 13.8 Å². The number of hydrogen-bond donors (Lipinski definition) is 1. The monoisotopic (exact) mass is 287 g/mol. The SMILES string of the molecule is CCc1ccc(CN(C)C(=O)Nc2c(C)noc2C)cc1. The van der Waals surface area contributed by atoms with Gasteiger partial charge in [0.1, 0.15) is 11.4 Å². The smallest absolute Gasteiger partial charge is 0.322 e. The molecule has 1 N–H and O–H groups in total. The normalized spacial score (nSPS) is 10.5. The van der Waals surface area contributed by atoms with Crippen LogP contribution in [0.2, 0.25) is 0 Å². The molecule has 0 spiro atoms. The van der Waals surface area contributed by atoms with Gasteiger partial charge >= 0.3 is 6.03 Å². The summed E-state index contributed by atoms with van der Waals surface area (Å²) in [7, 11) is 1.77. The molecule has 2 aromatic rings. The summed E-state index contributed by atoms with van der Waals surface area (Å²) in [5, 5.41) is 6.66. The number of benzene rings is 1. The molecule has 0 atom stereocenters. The molecule has 1 aromatic carbocycles. The predicted molar refractivity (Wildman–Crippen MR) is 82.3 cm³/mol. The lowest BCUT2D eigenvalue weighted by molar-refractivity contribution is 0.220. The highest BCUT2D eigenvalue weighted by molar-refractivity contribution is 5.90. The fourth-order valence-corrected chi connectivity index (χ4v) is 2.09. The predicted octanol–water partition coefficient (Wildman–Crippen LogP) is 3.52. The van der Waals surface area contributed by atoms with Gasteiger partial charge in [-0.25, -0.2) is 4.79 Å². The maximum Gasteiger partial charge on any atom is 0.322 e. The summed E-state index contributed by atoms with van der Waals surface area (Å²) in [6.07, 6.45) is 1.02. The number of aryl methyl sites for hydroxylation is 3. The van der Waals surface area contributed by atoms with Crippen LogP contribution in [0.25, 0.3) is 0 Å². The van der Waals surface area contributed by atoms with Crippen LogP contribution in [-0.4, -0.2) is 23.1 Å². The van der Waals surface area contributed by atoms with Crippen molar-refractivity contribution in [1.82, 2.24) is 10.1 Å². The van der Waals surface area contributed by atoms with E-state index in [0.29, 0.717) is 23.7 Å². The van der Waals surface area contributed by atoms with Gasteiger partial charge in [-0.1, -0.05) is 36.3 Å².